The number of carbonyl (C=O) groups excluding carboxylic acids is 1. The van der Waals surface area contributed by atoms with Crippen molar-refractivity contribution in [2.45, 2.75) is 23.8 Å². The fraction of sp³-hybridized carbons (Fsp3) is 0.353. The van der Waals surface area contributed by atoms with E-state index < -0.39 is 15.7 Å². The topological polar surface area (TPSA) is 144 Å². The van der Waals surface area contributed by atoms with Gasteiger partial charge in [-0.15, -0.1) is 0 Å². The van der Waals surface area contributed by atoms with Gasteiger partial charge >= 0.3 is 0 Å². The maximum absolute atomic E-state index is 11.8. The molecule has 144 valence electrons. The summed E-state index contributed by atoms with van der Waals surface area (Å²) in [4.78, 5) is 22.5. The molecule has 0 bridgehead atoms. The molecule has 1 amide bonds. The van der Waals surface area contributed by atoms with E-state index in [9.17, 15) is 13.2 Å². The minimum atomic E-state index is -3.36. The van der Waals surface area contributed by atoms with Crippen LogP contribution >= 0.6 is 0 Å². The van der Waals surface area contributed by atoms with Crippen molar-refractivity contribution in [3.05, 3.63) is 36.0 Å². The third-order valence-corrected chi connectivity index (χ3v) is 5.42. The summed E-state index contributed by atoms with van der Waals surface area (Å²) < 4.78 is 23.5. The largest absolute Gasteiger partial charge is 0.365 e. The van der Waals surface area contributed by atoms with Gasteiger partial charge in [-0.1, -0.05) is 6.07 Å². The van der Waals surface area contributed by atoms with Gasteiger partial charge in [0.25, 0.3) is 5.91 Å². The third-order valence-electron chi connectivity index (χ3n) is 4.31. The van der Waals surface area contributed by atoms with Crippen LogP contribution in [0.15, 0.2) is 35.4 Å². The van der Waals surface area contributed by atoms with Crippen molar-refractivity contribution >= 4 is 33.2 Å². The lowest BCUT2D eigenvalue weighted by molar-refractivity contribution is 0.100. The standard InChI is InChI=1S/C17H22N6O3S/c1-27(25,26)13-6-2-5-12(8-13)21-16-14(15(19)24)9-20-17(22-16)23-7-3-4-11(18)10-23/h2,5-6,8-9,11H,3-4,7,10,18H2,1H3,(H2,19,24)(H,20,21,22)/t11-/m0/s1. The van der Waals surface area contributed by atoms with E-state index in [4.69, 9.17) is 11.5 Å². The van der Waals surface area contributed by atoms with Gasteiger partial charge in [0.05, 0.1) is 4.90 Å². The Hall–Kier alpha value is -2.72. The summed E-state index contributed by atoms with van der Waals surface area (Å²) in [6.45, 7) is 1.39. The van der Waals surface area contributed by atoms with Gasteiger partial charge in [0.2, 0.25) is 5.95 Å². The van der Waals surface area contributed by atoms with E-state index in [1.54, 1.807) is 12.1 Å². The number of nitrogens with two attached hydrogens (primary N) is 2. The summed E-state index contributed by atoms with van der Waals surface area (Å²) in [5, 5.41) is 2.98. The van der Waals surface area contributed by atoms with Gasteiger partial charge in [-0.25, -0.2) is 13.4 Å². The SMILES string of the molecule is CS(=O)(=O)c1cccc(Nc2nc(N3CCC[C@H](N)C3)ncc2C(N)=O)c1. The molecule has 5 N–H and O–H groups in total. The Balaban J connectivity index is 1.95. The number of nitrogens with one attached hydrogen (secondary N) is 1. The number of benzene rings is 1. The van der Waals surface area contributed by atoms with Crippen LogP contribution in [0.4, 0.5) is 17.5 Å². The van der Waals surface area contributed by atoms with Crippen molar-refractivity contribution in [1.82, 2.24) is 9.97 Å². The Morgan fingerprint density at radius 2 is 2.15 bits per heavy atom. The summed E-state index contributed by atoms with van der Waals surface area (Å²) in [5.74, 6) is -0.0205. The molecule has 27 heavy (non-hydrogen) atoms. The molecule has 1 aromatic heterocycles. The van der Waals surface area contributed by atoms with Gasteiger partial charge in [0.1, 0.15) is 11.4 Å². The van der Waals surface area contributed by atoms with Crippen molar-refractivity contribution in [2.24, 2.45) is 11.5 Å². The number of aromatic nitrogens is 2. The van der Waals surface area contributed by atoms with E-state index in [1.807, 2.05) is 4.90 Å². The highest BCUT2D eigenvalue weighted by Crippen LogP contribution is 2.24. The predicted octanol–water partition coefficient (Wildman–Crippen LogP) is 0.650. The van der Waals surface area contributed by atoms with E-state index in [2.05, 4.69) is 15.3 Å². The molecule has 0 spiro atoms. The molecule has 0 saturated carbocycles. The number of nitrogens with zero attached hydrogens (tertiary/aromatic N) is 3. The molecule has 10 heteroatoms. The summed E-state index contributed by atoms with van der Waals surface area (Å²) >= 11 is 0. The number of anilines is 3. The molecule has 1 aliphatic heterocycles. The lowest BCUT2D eigenvalue weighted by atomic mass is 10.1. The van der Waals surface area contributed by atoms with E-state index in [1.165, 1.54) is 18.3 Å². The Labute approximate surface area is 157 Å². The number of hydrogen-bond donors (Lipinski definition) is 3. The maximum atomic E-state index is 11.8. The highest BCUT2D eigenvalue weighted by Gasteiger charge is 2.21. The van der Waals surface area contributed by atoms with Crippen molar-refractivity contribution in [3.63, 3.8) is 0 Å². The molecular weight excluding hydrogens is 368 g/mol. The van der Waals surface area contributed by atoms with Gasteiger partial charge in [-0.05, 0) is 31.0 Å². The molecule has 2 heterocycles. The average Bonchev–Trinajstić information content (AvgIpc) is 2.61. The Kier molecular flexibility index (Phi) is 5.29. The molecule has 0 radical (unpaired) electrons. The molecular formula is C17H22N6O3S. The summed E-state index contributed by atoms with van der Waals surface area (Å²) in [6, 6.07) is 6.29. The van der Waals surface area contributed by atoms with Crippen molar-refractivity contribution in [1.29, 1.82) is 0 Å². The van der Waals surface area contributed by atoms with Crippen LogP contribution < -0.4 is 21.7 Å². The molecule has 0 aliphatic carbocycles. The first-order valence-corrected chi connectivity index (χ1v) is 10.4. The van der Waals surface area contributed by atoms with Crippen LogP contribution in [0, 0.1) is 0 Å². The minimum Gasteiger partial charge on any atom is -0.365 e. The molecule has 0 unspecified atom stereocenters. The Morgan fingerprint density at radius 1 is 1.37 bits per heavy atom. The van der Waals surface area contributed by atoms with Gasteiger partial charge in [-0.2, -0.15) is 4.98 Å². The first-order valence-electron chi connectivity index (χ1n) is 8.48. The normalized spacial score (nSPS) is 17.6. The smallest absolute Gasteiger partial charge is 0.254 e. The molecule has 1 atom stereocenters. The maximum Gasteiger partial charge on any atom is 0.254 e. The number of hydrogen-bond acceptors (Lipinski definition) is 8. The second-order valence-corrected chi connectivity index (χ2v) is 8.59. The Morgan fingerprint density at radius 3 is 2.81 bits per heavy atom. The lowest BCUT2D eigenvalue weighted by Crippen LogP contribution is -2.43. The van der Waals surface area contributed by atoms with E-state index in [0.29, 0.717) is 18.2 Å². The fourth-order valence-corrected chi connectivity index (χ4v) is 3.60. The van der Waals surface area contributed by atoms with Crippen molar-refractivity contribution < 1.29 is 13.2 Å². The molecule has 2 aromatic rings. The molecule has 1 fully saturated rings. The fourth-order valence-electron chi connectivity index (χ4n) is 2.93. The van der Waals surface area contributed by atoms with Crippen LogP contribution in [0.25, 0.3) is 0 Å². The van der Waals surface area contributed by atoms with Crippen molar-refractivity contribution in [3.8, 4) is 0 Å². The quantitative estimate of drug-likeness (QED) is 0.675. The molecule has 3 rings (SSSR count). The van der Waals surface area contributed by atoms with Crippen LogP contribution in [-0.2, 0) is 9.84 Å². The number of primary amides is 1. The molecule has 1 aromatic carbocycles. The molecule has 1 aliphatic rings. The van der Waals surface area contributed by atoms with Gasteiger partial charge in [0.15, 0.2) is 9.84 Å². The summed E-state index contributed by atoms with van der Waals surface area (Å²) in [7, 11) is -3.36. The number of amides is 1. The number of rotatable bonds is 5. The predicted molar refractivity (Wildman–Crippen MR) is 103 cm³/mol. The van der Waals surface area contributed by atoms with Crippen molar-refractivity contribution in [2.75, 3.05) is 29.6 Å². The zero-order valence-electron chi connectivity index (χ0n) is 14.9. The highest BCUT2D eigenvalue weighted by molar-refractivity contribution is 7.90. The first-order chi connectivity index (χ1) is 12.7. The molecule has 9 nitrogen and oxygen atoms in total. The van der Waals surface area contributed by atoms with Gasteiger partial charge in [-0.3, -0.25) is 4.79 Å². The third kappa shape index (κ3) is 4.52. The van der Waals surface area contributed by atoms with E-state index in [-0.39, 0.29) is 22.3 Å². The second kappa shape index (κ2) is 7.49. The Bertz CT molecular complexity index is 963. The average molecular weight is 390 g/mol. The highest BCUT2D eigenvalue weighted by atomic mass is 32.2. The van der Waals surface area contributed by atoms with Crippen LogP contribution in [0.5, 0.6) is 0 Å². The van der Waals surface area contributed by atoms with Crippen LogP contribution in [0.3, 0.4) is 0 Å². The number of piperidine rings is 1. The van der Waals surface area contributed by atoms with E-state index in [0.717, 1.165) is 25.6 Å². The second-order valence-electron chi connectivity index (χ2n) is 6.57. The van der Waals surface area contributed by atoms with Gasteiger partial charge < -0.3 is 21.7 Å². The van der Waals surface area contributed by atoms with E-state index >= 15 is 0 Å². The lowest BCUT2D eigenvalue weighted by Gasteiger charge is -2.31. The number of sulfone groups is 1. The van der Waals surface area contributed by atoms with Crippen LogP contribution in [0.2, 0.25) is 0 Å². The molecule has 1 saturated heterocycles. The summed E-state index contributed by atoms with van der Waals surface area (Å²) in [5.41, 5.74) is 12.0. The zero-order chi connectivity index (χ0) is 19.6. The minimum absolute atomic E-state index is 0.0426. The summed E-state index contributed by atoms with van der Waals surface area (Å²) in [6.07, 6.45) is 4.37. The number of carbonyl (C=O) groups is 1. The van der Waals surface area contributed by atoms with Crippen LogP contribution in [-0.4, -0.2) is 49.7 Å². The zero-order valence-corrected chi connectivity index (χ0v) is 15.7. The van der Waals surface area contributed by atoms with Crippen LogP contribution in [0.1, 0.15) is 23.2 Å². The van der Waals surface area contributed by atoms with Gasteiger partial charge in [0, 0.05) is 37.3 Å². The first kappa shape index (κ1) is 19.1. The monoisotopic (exact) mass is 390 g/mol.